The number of likely N-dealkylation sites (N-methyl/N-ethyl adjacent to an activating group) is 1. The Labute approximate surface area is 204 Å². The molecular formula is C23H18N4O5S2. The zero-order valence-electron chi connectivity index (χ0n) is 17.8. The molecule has 2 aliphatic heterocycles. The Kier molecular flexibility index (Phi) is 6.57. The number of aliphatic imine (C=N–C) groups is 1. The van der Waals surface area contributed by atoms with E-state index in [2.05, 4.69) is 10.3 Å². The maximum absolute atomic E-state index is 13.2. The normalized spacial score (nSPS) is 20.9. The molecule has 9 nitrogen and oxygen atoms in total. The number of thioether (sulfide) groups is 1. The van der Waals surface area contributed by atoms with Crippen LogP contribution in [0.3, 0.4) is 0 Å². The molecule has 2 aliphatic rings. The van der Waals surface area contributed by atoms with Crippen molar-refractivity contribution in [2.24, 2.45) is 10.9 Å². The van der Waals surface area contributed by atoms with Crippen molar-refractivity contribution >= 4 is 69.3 Å². The SMILES string of the molecule is CCN1C(=O)/C(=C/C2C(=O)NC(=S)N(c3ccccc3)C2=O)SC1=Nc1cccc(C(=O)O)c1. The van der Waals surface area contributed by atoms with Gasteiger partial charge in [0.25, 0.3) is 5.91 Å². The van der Waals surface area contributed by atoms with E-state index < -0.39 is 29.6 Å². The topological polar surface area (TPSA) is 119 Å². The fourth-order valence-electron chi connectivity index (χ4n) is 3.41. The van der Waals surface area contributed by atoms with Crippen LogP contribution >= 0.6 is 24.0 Å². The lowest BCUT2D eigenvalue weighted by Crippen LogP contribution is -2.57. The molecule has 0 bridgehead atoms. The van der Waals surface area contributed by atoms with Crippen LogP contribution in [-0.4, -0.2) is 50.5 Å². The van der Waals surface area contributed by atoms with Gasteiger partial charge in [-0.05, 0) is 67.3 Å². The lowest BCUT2D eigenvalue weighted by molar-refractivity contribution is -0.131. The molecule has 2 heterocycles. The lowest BCUT2D eigenvalue weighted by atomic mass is 10.0. The zero-order chi connectivity index (χ0) is 24.4. The molecule has 1 unspecified atom stereocenters. The highest BCUT2D eigenvalue weighted by atomic mass is 32.2. The van der Waals surface area contributed by atoms with Crippen molar-refractivity contribution in [1.29, 1.82) is 0 Å². The van der Waals surface area contributed by atoms with E-state index in [1.165, 1.54) is 28.0 Å². The third-order valence-electron chi connectivity index (χ3n) is 5.06. The minimum atomic E-state index is -1.26. The van der Waals surface area contributed by atoms with Gasteiger partial charge in [0.2, 0.25) is 11.8 Å². The molecule has 34 heavy (non-hydrogen) atoms. The fourth-order valence-corrected chi connectivity index (χ4v) is 4.78. The first-order valence-corrected chi connectivity index (χ1v) is 11.4. The second kappa shape index (κ2) is 9.57. The monoisotopic (exact) mass is 494 g/mol. The number of aromatic carboxylic acids is 1. The number of hydrogen-bond donors (Lipinski definition) is 2. The molecule has 2 fully saturated rings. The first kappa shape index (κ1) is 23.3. The van der Waals surface area contributed by atoms with Crippen LogP contribution in [0.1, 0.15) is 17.3 Å². The van der Waals surface area contributed by atoms with Crippen LogP contribution in [-0.2, 0) is 14.4 Å². The van der Waals surface area contributed by atoms with Crippen molar-refractivity contribution in [1.82, 2.24) is 10.2 Å². The molecule has 0 radical (unpaired) electrons. The summed E-state index contributed by atoms with van der Waals surface area (Å²) < 4.78 is 0. The number of amidine groups is 1. The number of nitrogens with zero attached hydrogens (tertiary/aromatic N) is 3. The molecule has 2 N–H and O–H groups in total. The average Bonchev–Trinajstić information content (AvgIpc) is 3.11. The Balaban J connectivity index is 1.66. The lowest BCUT2D eigenvalue weighted by Gasteiger charge is -2.31. The van der Waals surface area contributed by atoms with E-state index in [0.29, 0.717) is 23.1 Å². The molecule has 172 valence electrons. The number of carbonyl (C=O) groups is 4. The number of thiocarbonyl (C=S) groups is 1. The van der Waals surface area contributed by atoms with E-state index in [0.717, 1.165) is 11.8 Å². The molecular weight excluding hydrogens is 476 g/mol. The van der Waals surface area contributed by atoms with Gasteiger partial charge in [-0.25, -0.2) is 9.79 Å². The molecule has 0 saturated carbocycles. The maximum atomic E-state index is 13.2. The van der Waals surface area contributed by atoms with E-state index in [-0.39, 0.29) is 15.6 Å². The van der Waals surface area contributed by atoms with E-state index in [4.69, 9.17) is 12.2 Å². The molecule has 11 heteroatoms. The van der Waals surface area contributed by atoms with Crippen LogP contribution in [0.5, 0.6) is 0 Å². The summed E-state index contributed by atoms with van der Waals surface area (Å²) in [7, 11) is 0. The van der Waals surface area contributed by atoms with Crippen molar-refractivity contribution in [3.05, 3.63) is 71.1 Å². The van der Waals surface area contributed by atoms with Crippen molar-refractivity contribution in [3.8, 4) is 0 Å². The van der Waals surface area contributed by atoms with Crippen molar-refractivity contribution in [3.63, 3.8) is 0 Å². The van der Waals surface area contributed by atoms with Gasteiger partial charge in [0.1, 0.15) is 5.92 Å². The Hall–Kier alpha value is -3.83. The smallest absolute Gasteiger partial charge is 0.335 e. The molecule has 0 aromatic heterocycles. The largest absolute Gasteiger partial charge is 0.478 e. The molecule has 2 aromatic rings. The minimum absolute atomic E-state index is 0.0306. The van der Waals surface area contributed by atoms with E-state index in [1.54, 1.807) is 49.4 Å². The van der Waals surface area contributed by atoms with Crippen molar-refractivity contribution < 1.29 is 24.3 Å². The summed E-state index contributed by atoms with van der Waals surface area (Å²) in [5.41, 5.74) is 0.931. The van der Waals surface area contributed by atoms with Crippen LogP contribution in [0.2, 0.25) is 0 Å². The van der Waals surface area contributed by atoms with Gasteiger partial charge in [-0.3, -0.25) is 24.2 Å². The highest BCUT2D eigenvalue weighted by molar-refractivity contribution is 8.18. The van der Waals surface area contributed by atoms with Gasteiger partial charge >= 0.3 is 5.97 Å². The van der Waals surface area contributed by atoms with E-state index in [9.17, 15) is 24.3 Å². The number of carbonyl (C=O) groups excluding carboxylic acids is 3. The Morgan fingerprint density at radius 3 is 2.59 bits per heavy atom. The summed E-state index contributed by atoms with van der Waals surface area (Å²) >= 11 is 6.20. The number of amides is 3. The summed E-state index contributed by atoms with van der Waals surface area (Å²) in [6.07, 6.45) is 1.32. The van der Waals surface area contributed by atoms with Gasteiger partial charge in [-0.2, -0.15) is 0 Å². The van der Waals surface area contributed by atoms with E-state index >= 15 is 0 Å². The van der Waals surface area contributed by atoms with Gasteiger partial charge in [-0.1, -0.05) is 24.3 Å². The summed E-state index contributed by atoms with van der Waals surface area (Å²) in [6, 6.07) is 14.7. The molecule has 4 rings (SSSR count). The molecule has 2 aromatic carbocycles. The van der Waals surface area contributed by atoms with Gasteiger partial charge in [0.05, 0.1) is 21.8 Å². The average molecular weight is 495 g/mol. The maximum Gasteiger partial charge on any atom is 0.335 e. The molecule has 0 aliphatic carbocycles. The Morgan fingerprint density at radius 2 is 1.91 bits per heavy atom. The van der Waals surface area contributed by atoms with Crippen molar-refractivity contribution in [2.75, 3.05) is 11.4 Å². The quantitative estimate of drug-likeness (QED) is 0.373. The number of carboxylic acid groups (broad SMARTS) is 1. The standard InChI is InChI=1S/C23H18N4O5S2/c1-2-26-20(30)17(34-23(26)24-14-8-6-7-13(11-14)21(31)32)12-16-18(28)25-22(33)27(19(16)29)15-9-4-3-5-10-15/h3-12,16H,2H2,1H3,(H,31,32)(H,25,28,33)/b17-12-,24-23?. The third kappa shape index (κ3) is 4.47. The first-order valence-electron chi connectivity index (χ1n) is 10.2. The highest BCUT2D eigenvalue weighted by Crippen LogP contribution is 2.34. The number of benzene rings is 2. The number of nitrogens with one attached hydrogen (secondary N) is 1. The van der Waals surface area contributed by atoms with Gasteiger partial charge in [-0.15, -0.1) is 0 Å². The summed E-state index contributed by atoms with van der Waals surface area (Å²) in [6.45, 7) is 2.06. The Morgan fingerprint density at radius 1 is 1.18 bits per heavy atom. The molecule has 1 atom stereocenters. The molecule has 3 amide bonds. The summed E-state index contributed by atoms with van der Waals surface area (Å²) in [5, 5.41) is 12.0. The summed E-state index contributed by atoms with van der Waals surface area (Å²) in [5.74, 6) is -3.94. The number of rotatable bonds is 5. The molecule has 2 saturated heterocycles. The third-order valence-corrected chi connectivity index (χ3v) is 6.37. The van der Waals surface area contributed by atoms with Crippen LogP contribution in [0, 0.1) is 5.92 Å². The minimum Gasteiger partial charge on any atom is -0.478 e. The number of anilines is 1. The number of para-hydroxylation sites is 1. The van der Waals surface area contributed by atoms with Gasteiger partial charge in [0, 0.05) is 6.54 Å². The second-order valence-corrected chi connectivity index (χ2v) is 8.61. The fraction of sp³-hybridized carbons (Fsp3) is 0.130. The highest BCUT2D eigenvalue weighted by Gasteiger charge is 2.41. The predicted molar refractivity (Wildman–Crippen MR) is 132 cm³/mol. The second-order valence-electron chi connectivity index (χ2n) is 7.21. The Bertz CT molecular complexity index is 1280. The van der Waals surface area contributed by atoms with Crippen LogP contribution in [0.25, 0.3) is 0 Å². The first-order chi connectivity index (χ1) is 16.3. The van der Waals surface area contributed by atoms with Gasteiger partial charge in [0.15, 0.2) is 10.3 Å². The van der Waals surface area contributed by atoms with Gasteiger partial charge < -0.3 is 10.4 Å². The van der Waals surface area contributed by atoms with Crippen LogP contribution in [0.4, 0.5) is 11.4 Å². The zero-order valence-corrected chi connectivity index (χ0v) is 19.4. The van der Waals surface area contributed by atoms with Crippen molar-refractivity contribution in [2.45, 2.75) is 6.92 Å². The summed E-state index contributed by atoms with van der Waals surface area (Å²) in [4.78, 5) is 57.2. The van der Waals surface area contributed by atoms with Crippen LogP contribution in [0.15, 0.2) is 70.6 Å². The molecule has 0 spiro atoms. The number of hydrogen-bond acceptors (Lipinski definition) is 7. The van der Waals surface area contributed by atoms with E-state index in [1.807, 2.05) is 0 Å². The van der Waals surface area contributed by atoms with Crippen LogP contribution < -0.4 is 10.2 Å². The number of carboxylic acids is 1. The predicted octanol–water partition coefficient (Wildman–Crippen LogP) is 2.92.